The third-order valence-electron chi connectivity index (χ3n) is 5.56. The summed E-state index contributed by atoms with van der Waals surface area (Å²) in [5.74, 6) is 1.37. The van der Waals surface area contributed by atoms with Crippen molar-refractivity contribution in [3.05, 3.63) is 36.4 Å². The Bertz CT molecular complexity index is 722. The molecule has 132 valence electrons. The average Bonchev–Trinajstić information content (AvgIpc) is 3.33. The number of likely N-dealkylation sites (tertiary alicyclic amines) is 2. The van der Waals surface area contributed by atoms with E-state index in [0.717, 1.165) is 31.1 Å². The average molecular weight is 340 g/mol. The van der Waals surface area contributed by atoms with E-state index in [2.05, 4.69) is 27.2 Å². The van der Waals surface area contributed by atoms with E-state index in [1.165, 1.54) is 25.9 Å². The van der Waals surface area contributed by atoms with Crippen molar-refractivity contribution in [1.29, 1.82) is 0 Å². The van der Waals surface area contributed by atoms with Gasteiger partial charge in [0.15, 0.2) is 5.69 Å². The Morgan fingerprint density at radius 2 is 1.96 bits per heavy atom. The van der Waals surface area contributed by atoms with E-state index < -0.39 is 0 Å². The minimum absolute atomic E-state index is 0.00873. The van der Waals surface area contributed by atoms with Gasteiger partial charge in [0.2, 0.25) is 0 Å². The van der Waals surface area contributed by atoms with Crippen LogP contribution in [0.1, 0.15) is 29.8 Å². The lowest BCUT2D eigenvalue weighted by Crippen LogP contribution is -2.35. The molecule has 7 nitrogen and oxygen atoms in total. The third-order valence-corrected chi connectivity index (χ3v) is 5.56. The lowest BCUT2D eigenvalue weighted by molar-refractivity contribution is 0.0770. The summed E-state index contributed by atoms with van der Waals surface area (Å²) >= 11 is 0. The molecule has 4 rings (SSSR count). The minimum Gasteiger partial charge on any atom is -0.337 e. The topological polar surface area (TPSA) is 67.2 Å². The second-order valence-electron chi connectivity index (χ2n) is 7.20. The van der Waals surface area contributed by atoms with Crippen molar-refractivity contribution in [3.8, 4) is 5.69 Å². The van der Waals surface area contributed by atoms with Crippen molar-refractivity contribution in [3.63, 3.8) is 0 Å². The van der Waals surface area contributed by atoms with Crippen molar-refractivity contribution >= 4 is 5.91 Å². The van der Waals surface area contributed by atoms with Crippen LogP contribution < -0.4 is 0 Å². The lowest BCUT2D eigenvalue weighted by atomic mass is 9.84. The summed E-state index contributed by atoms with van der Waals surface area (Å²) in [5, 5.41) is 8.14. The van der Waals surface area contributed by atoms with Gasteiger partial charge in [0.1, 0.15) is 0 Å². The standard InChI is InChI=1S/C18H24N6O/c1-22-8-4-14(5-9-22)15-6-10-23(12-15)18(25)17-13-24(21-20-17)16-3-2-7-19-11-16/h2-3,7,11,13-15H,4-6,8-10,12H2,1H3. The molecular weight excluding hydrogens is 316 g/mol. The Balaban J connectivity index is 1.40. The van der Waals surface area contributed by atoms with Gasteiger partial charge in [0.25, 0.3) is 5.91 Å². The van der Waals surface area contributed by atoms with Crippen LogP contribution in [0.5, 0.6) is 0 Å². The predicted molar refractivity (Wildman–Crippen MR) is 93.4 cm³/mol. The predicted octanol–water partition coefficient (Wildman–Crippen LogP) is 1.47. The highest BCUT2D eigenvalue weighted by Crippen LogP contribution is 2.32. The van der Waals surface area contributed by atoms with Crippen LogP contribution in [0, 0.1) is 11.8 Å². The van der Waals surface area contributed by atoms with Crippen LogP contribution in [0.15, 0.2) is 30.7 Å². The highest BCUT2D eigenvalue weighted by Gasteiger charge is 2.34. The minimum atomic E-state index is -0.00873. The van der Waals surface area contributed by atoms with E-state index in [4.69, 9.17) is 0 Å². The number of pyridine rings is 1. The van der Waals surface area contributed by atoms with Gasteiger partial charge in [-0.2, -0.15) is 0 Å². The molecule has 2 aliphatic heterocycles. The molecule has 1 unspecified atom stereocenters. The third kappa shape index (κ3) is 3.42. The smallest absolute Gasteiger partial charge is 0.276 e. The molecule has 0 saturated carbocycles. The zero-order valence-corrected chi connectivity index (χ0v) is 14.6. The Labute approximate surface area is 147 Å². The van der Waals surface area contributed by atoms with Crippen LogP contribution in [-0.4, -0.2) is 68.9 Å². The number of carbonyl (C=O) groups is 1. The van der Waals surface area contributed by atoms with Crippen molar-refractivity contribution in [1.82, 2.24) is 29.8 Å². The molecule has 0 N–H and O–H groups in total. The van der Waals surface area contributed by atoms with E-state index in [1.54, 1.807) is 23.3 Å². The number of amides is 1. The molecule has 1 atom stereocenters. The maximum atomic E-state index is 12.8. The highest BCUT2D eigenvalue weighted by atomic mass is 16.2. The maximum absolute atomic E-state index is 12.8. The monoisotopic (exact) mass is 340 g/mol. The SMILES string of the molecule is CN1CCC(C2CCN(C(=O)c3cn(-c4cccnc4)nn3)C2)CC1. The first-order valence-electron chi connectivity index (χ1n) is 9.01. The van der Waals surface area contributed by atoms with Crippen LogP contribution in [0.3, 0.4) is 0 Å². The Hall–Kier alpha value is -2.28. The van der Waals surface area contributed by atoms with Gasteiger partial charge in [-0.25, -0.2) is 4.68 Å². The normalized spacial score (nSPS) is 22.4. The molecule has 0 aromatic carbocycles. The molecule has 1 amide bonds. The Morgan fingerprint density at radius 1 is 1.16 bits per heavy atom. The fourth-order valence-electron chi connectivity index (χ4n) is 4.00. The quantitative estimate of drug-likeness (QED) is 0.846. The largest absolute Gasteiger partial charge is 0.337 e. The molecule has 2 aliphatic rings. The second-order valence-corrected chi connectivity index (χ2v) is 7.20. The number of rotatable bonds is 3. The zero-order valence-electron chi connectivity index (χ0n) is 14.6. The number of nitrogens with zero attached hydrogens (tertiary/aromatic N) is 6. The Morgan fingerprint density at radius 3 is 2.72 bits per heavy atom. The van der Waals surface area contributed by atoms with Gasteiger partial charge in [-0.15, -0.1) is 5.10 Å². The summed E-state index contributed by atoms with van der Waals surface area (Å²) in [7, 11) is 2.19. The summed E-state index contributed by atoms with van der Waals surface area (Å²) in [6.45, 7) is 4.03. The van der Waals surface area contributed by atoms with E-state index in [1.807, 2.05) is 17.0 Å². The van der Waals surface area contributed by atoms with Crippen molar-refractivity contribution in [2.24, 2.45) is 11.8 Å². The second kappa shape index (κ2) is 6.92. The van der Waals surface area contributed by atoms with E-state index in [0.29, 0.717) is 11.6 Å². The van der Waals surface area contributed by atoms with E-state index >= 15 is 0 Å². The maximum Gasteiger partial charge on any atom is 0.276 e. The van der Waals surface area contributed by atoms with Crippen molar-refractivity contribution in [2.45, 2.75) is 19.3 Å². The molecule has 2 fully saturated rings. The van der Waals surface area contributed by atoms with Gasteiger partial charge >= 0.3 is 0 Å². The van der Waals surface area contributed by atoms with Gasteiger partial charge in [0, 0.05) is 19.3 Å². The van der Waals surface area contributed by atoms with Gasteiger partial charge in [-0.1, -0.05) is 5.21 Å². The molecule has 0 radical (unpaired) electrons. The number of aromatic nitrogens is 4. The van der Waals surface area contributed by atoms with Crippen LogP contribution in [0.2, 0.25) is 0 Å². The molecule has 0 aliphatic carbocycles. The van der Waals surface area contributed by atoms with Gasteiger partial charge in [0.05, 0.1) is 18.1 Å². The number of carbonyl (C=O) groups excluding carboxylic acids is 1. The van der Waals surface area contributed by atoms with Gasteiger partial charge in [-0.3, -0.25) is 9.78 Å². The fourth-order valence-corrected chi connectivity index (χ4v) is 4.00. The summed E-state index contributed by atoms with van der Waals surface area (Å²) in [4.78, 5) is 21.2. The molecule has 2 saturated heterocycles. The van der Waals surface area contributed by atoms with Crippen LogP contribution in [-0.2, 0) is 0 Å². The van der Waals surface area contributed by atoms with Crippen LogP contribution in [0.4, 0.5) is 0 Å². The molecule has 0 spiro atoms. The molecule has 2 aromatic heterocycles. The number of hydrogen-bond donors (Lipinski definition) is 0. The first-order valence-corrected chi connectivity index (χ1v) is 9.01. The summed E-state index contributed by atoms with van der Waals surface area (Å²) < 4.78 is 1.60. The molecule has 4 heterocycles. The van der Waals surface area contributed by atoms with Gasteiger partial charge < -0.3 is 9.80 Å². The molecule has 7 heteroatoms. The van der Waals surface area contributed by atoms with Crippen LogP contribution >= 0.6 is 0 Å². The van der Waals surface area contributed by atoms with Gasteiger partial charge in [-0.05, 0) is 63.4 Å². The molecule has 25 heavy (non-hydrogen) atoms. The summed E-state index contributed by atoms with van der Waals surface area (Å²) in [5.41, 5.74) is 1.22. The van der Waals surface area contributed by atoms with E-state index in [9.17, 15) is 4.79 Å². The fraction of sp³-hybridized carbons (Fsp3) is 0.556. The summed E-state index contributed by atoms with van der Waals surface area (Å²) in [6, 6.07) is 3.73. The Kier molecular flexibility index (Phi) is 4.48. The molecule has 0 bridgehead atoms. The molecule has 2 aromatic rings. The first kappa shape index (κ1) is 16.2. The summed E-state index contributed by atoms with van der Waals surface area (Å²) in [6.07, 6.45) is 8.72. The van der Waals surface area contributed by atoms with Crippen LogP contribution in [0.25, 0.3) is 5.69 Å². The number of hydrogen-bond acceptors (Lipinski definition) is 5. The highest BCUT2D eigenvalue weighted by molar-refractivity contribution is 5.92. The van der Waals surface area contributed by atoms with Crippen molar-refractivity contribution < 1.29 is 4.79 Å². The molecular formula is C18H24N6O. The van der Waals surface area contributed by atoms with E-state index in [-0.39, 0.29) is 5.91 Å². The zero-order chi connectivity index (χ0) is 17.2. The number of piperidine rings is 1. The lowest BCUT2D eigenvalue weighted by Gasteiger charge is -2.32. The first-order chi connectivity index (χ1) is 12.2. The van der Waals surface area contributed by atoms with Crippen molar-refractivity contribution in [2.75, 3.05) is 33.2 Å².